The summed E-state index contributed by atoms with van der Waals surface area (Å²) in [6, 6.07) is 0. The molecule has 0 unspecified atom stereocenters. The van der Waals surface area contributed by atoms with E-state index < -0.39 is 0 Å². The lowest BCUT2D eigenvalue weighted by atomic mass is 9.94. The molecule has 0 spiro atoms. The molecular formula is C15H22Cl2. The Morgan fingerprint density at radius 1 is 1.29 bits per heavy atom. The van der Waals surface area contributed by atoms with E-state index in [4.69, 9.17) is 23.2 Å². The van der Waals surface area contributed by atoms with E-state index in [1.807, 2.05) is 13.0 Å². The van der Waals surface area contributed by atoms with Gasteiger partial charge in [0.1, 0.15) is 0 Å². The van der Waals surface area contributed by atoms with Crippen LogP contribution in [0.2, 0.25) is 0 Å². The molecule has 0 nitrogen and oxygen atoms in total. The predicted molar refractivity (Wildman–Crippen MR) is 79.5 cm³/mol. The van der Waals surface area contributed by atoms with Crippen molar-refractivity contribution in [2.24, 2.45) is 5.92 Å². The van der Waals surface area contributed by atoms with Crippen molar-refractivity contribution in [2.75, 3.05) is 0 Å². The highest BCUT2D eigenvalue weighted by molar-refractivity contribution is 6.36. The van der Waals surface area contributed by atoms with Gasteiger partial charge in [0.25, 0.3) is 0 Å². The second kappa shape index (κ2) is 9.59. The Hall–Kier alpha value is -0.420. The maximum atomic E-state index is 6.19. The zero-order valence-electron chi connectivity index (χ0n) is 11.0. The minimum absolute atomic E-state index is 0.647. The molecule has 0 N–H and O–H groups in total. The van der Waals surface area contributed by atoms with Crippen molar-refractivity contribution >= 4 is 23.2 Å². The third-order valence-corrected chi connectivity index (χ3v) is 3.80. The summed E-state index contributed by atoms with van der Waals surface area (Å²) in [5, 5.41) is 1.38. The van der Waals surface area contributed by atoms with Crippen LogP contribution < -0.4 is 0 Å². The molecule has 17 heavy (non-hydrogen) atoms. The predicted octanol–water partition coefficient (Wildman–Crippen LogP) is 6.18. The van der Waals surface area contributed by atoms with Gasteiger partial charge in [0.05, 0.1) is 5.03 Å². The normalized spacial score (nSPS) is 13.4. The van der Waals surface area contributed by atoms with Crippen LogP contribution in [0.15, 0.2) is 40.1 Å². The van der Waals surface area contributed by atoms with Crippen molar-refractivity contribution in [3.63, 3.8) is 0 Å². The molecule has 0 aliphatic carbocycles. The molecule has 0 amide bonds. The van der Waals surface area contributed by atoms with Crippen LogP contribution in [0.3, 0.4) is 0 Å². The fraction of sp³-hybridized carbons (Fsp3) is 0.533. The smallest absolute Gasteiger partial charge is 0.0529 e. The van der Waals surface area contributed by atoms with Gasteiger partial charge in [0, 0.05) is 5.03 Å². The zero-order valence-corrected chi connectivity index (χ0v) is 12.5. The van der Waals surface area contributed by atoms with E-state index in [-0.39, 0.29) is 0 Å². The number of halogens is 2. The fourth-order valence-electron chi connectivity index (χ4n) is 1.75. The molecule has 2 heteroatoms. The summed E-state index contributed by atoms with van der Waals surface area (Å²) in [6.45, 7) is 9.90. The second-order valence-electron chi connectivity index (χ2n) is 4.03. The molecule has 0 aromatic heterocycles. The van der Waals surface area contributed by atoms with E-state index in [1.54, 1.807) is 6.08 Å². The van der Waals surface area contributed by atoms with E-state index in [1.165, 1.54) is 12.8 Å². The first kappa shape index (κ1) is 16.6. The first-order valence-electron chi connectivity index (χ1n) is 6.17. The third kappa shape index (κ3) is 6.17. The summed E-state index contributed by atoms with van der Waals surface area (Å²) in [7, 11) is 0. The number of hydrogen-bond acceptors (Lipinski definition) is 0. The number of hydrogen-bond donors (Lipinski definition) is 0. The molecule has 0 radical (unpaired) electrons. The molecule has 0 aromatic carbocycles. The van der Waals surface area contributed by atoms with Gasteiger partial charge in [-0.15, -0.1) is 5.73 Å². The maximum absolute atomic E-state index is 6.19. The average Bonchev–Trinajstić information content (AvgIpc) is 2.34. The molecule has 96 valence electrons. The van der Waals surface area contributed by atoms with Gasteiger partial charge in [-0.05, 0) is 37.3 Å². The molecule has 0 aliphatic heterocycles. The van der Waals surface area contributed by atoms with E-state index in [0.717, 1.165) is 29.4 Å². The SMILES string of the molecule is C=C=CC(Cl)=C(CCC(CC)CC)C(Cl)=CC. The Bertz CT molecular complexity index is 327. The van der Waals surface area contributed by atoms with E-state index in [9.17, 15) is 0 Å². The molecule has 0 aliphatic rings. The van der Waals surface area contributed by atoms with E-state index >= 15 is 0 Å². The summed E-state index contributed by atoms with van der Waals surface area (Å²) in [6.07, 6.45) is 7.98. The van der Waals surface area contributed by atoms with Gasteiger partial charge >= 0.3 is 0 Å². The van der Waals surface area contributed by atoms with Crippen LogP contribution in [-0.2, 0) is 0 Å². The topological polar surface area (TPSA) is 0 Å². The highest BCUT2D eigenvalue weighted by Crippen LogP contribution is 2.29. The lowest BCUT2D eigenvalue weighted by Crippen LogP contribution is -1.98. The van der Waals surface area contributed by atoms with Crippen molar-refractivity contribution in [3.05, 3.63) is 40.1 Å². The Labute approximate surface area is 116 Å². The zero-order chi connectivity index (χ0) is 13.3. The van der Waals surface area contributed by atoms with Crippen molar-refractivity contribution in [1.29, 1.82) is 0 Å². The van der Waals surface area contributed by atoms with Crippen LogP contribution in [0, 0.1) is 5.92 Å². The largest absolute Gasteiger partial charge is 0.127 e. The molecule has 0 rings (SSSR count). The second-order valence-corrected chi connectivity index (χ2v) is 4.85. The summed E-state index contributed by atoms with van der Waals surface area (Å²) in [5.74, 6) is 0.739. The molecule has 0 saturated heterocycles. The quantitative estimate of drug-likeness (QED) is 0.384. The first-order chi connectivity index (χ1) is 8.10. The van der Waals surface area contributed by atoms with Crippen LogP contribution in [-0.4, -0.2) is 0 Å². The third-order valence-electron chi connectivity index (χ3n) is 3.02. The van der Waals surface area contributed by atoms with Gasteiger partial charge in [-0.3, -0.25) is 0 Å². The molecule has 0 fully saturated rings. The lowest BCUT2D eigenvalue weighted by Gasteiger charge is -2.14. The molecule has 0 heterocycles. The Balaban J connectivity index is 4.86. The summed E-state index contributed by atoms with van der Waals surface area (Å²) in [5.41, 5.74) is 3.69. The Morgan fingerprint density at radius 2 is 1.88 bits per heavy atom. The van der Waals surface area contributed by atoms with Gasteiger partial charge in [0.15, 0.2) is 0 Å². The Kier molecular flexibility index (Phi) is 9.36. The van der Waals surface area contributed by atoms with Crippen molar-refractivity contribution in [2.45, 2.75) is 46.5 Å². The molecular weight excluding hydrogens is 251 g/mol. The van der Waals surface area contributed by atoms with Crippen molar-refractivity contribution in [1.82, 2.24) is 0 Å². The van der Waals surface area contributed by atoms with Gasteiger partial charge in [-0.25, -0.2) is 0 Å². The molecule has 0 saturated carbocycles. The first-order valence-corrected chi connectivity index (χ1v) is 6.92. The van der Waals surface area contributed by atoms with Gasteiger partial charge in [-0.2, -0.15) is 0 Å². The highest BCUT2D eigenvalue weighted by atomic mass is 35.5. The molecule has 0 aromatic rings. The summed E-state index contributed by atoms with van der Waals surface area (Å²) >= 11 is 12.4. The van der Waals surface area contributed by atoms with Gasteiger partial charge in [-0.1, -0.05) is 62.5 Å². The average molecular weight is 273 g/mol. The maximum Gasteiger partial charge on any atom is 0.0529 e. The van der Waals surface area contributed by atoms with E-state index in [2.05, 4.69) is 26.2 Å². The number of allylic oxidation sites excluding steroid dienone is 5. The van der Waals surface area contributed by atoms with Crippen molar-refractivity contribution < 1.29 is 0 Å². The van der Waals surface area contributed by atoms with Crippen LogP contribution in [0.25, 0.3) is 0 Å². The molecule has 0 atom stereocenters. The van der Waals surface area contributed by atoms with Crippen LogP contribution in [0.5, 0.6) is 0 Å². The number of rotatable bonds is 7. The van der Waals surface area contributed by atoms with Gasteiger partial charge < -0.3 is 0 Å². The summed E-state index contributed by atoms with van der Waals surface area (Å²) < 4.78 is 0. The lowest BCUT2D eigenvalue weighted by molar-refractivity contribution is 0.457. The molecule has 0 bridgehead atoms. The summed E-state index contributed by atoms with van der Waals surface area (Å²) in [4.78, 5) is 0. The minimum atomic E-state index is 0.647. The fourth-order valence-corrected chi connectivity index (χ4v) is 2.27. The minimum Gasteiger partial charge on any atom is -0.127 e. The standard InChI is InChI=1S/C15H22Cl2/c1-5-9-15(17)13(14(16)8-4)11-10-12(6-2)7-3/h8-9,12H,1,6-7,10-11H2,2-4H3. The van der Waals surface area contributed by atoms with Crippen LogP contribution >= 0.6 is 23.2 Å². The highest BCUT2D eigenvalue weighted by Gasteiger charge is 2.10. The van der Waals surface area contributed by atoms with Crippen LogP contribution in [0.4, 0.5) is 0 Å². The van der Waals surface area contributed by atoms with Gasteiger partial charge in [0.2, 0.25) is 0 Å². The van der Waals surface area contributed by atoms with Crippen LogP contribution in [0.1, 0.15) is 46.5 Å². The Morgan fingerprint density at radius 3 is 2.29 bits per heavy atom. The van der Waals surface area contributed by atoms with Crippen molar-refractivity contribution in [3.8, 4) is 0 Å². The monoisotopic (exact) mass is 272 g/mol. The van der Waals surface area contributed by atoms with E-state index in [0.29, 0.717) is 5.03 Å².